The van der Waals surface area contributed by atoms with Crippen molar-refractivity contribution in [2.45, 2.75) is 44.2 Å². The van der Waals surface area contributed by atoms with Gasteiger partial charge < -0.3 is 15.2 Å². The number of hydrogen-bond acceptors (Lipinski definition) is 4. The van der Waals surface area contributed by atoms with Crippen LogP contribution >= 0.6 is 0 Å². The van der Waals surface area contributed by atoms with Crippen LogP contribution in [0.5, 0.6) is 0 Å². The SMILES string of the molecule is N[C@H]1CC[C@@H](C(=O)OC2CCOCC2)C1. The van der Waals surface area contributed by atoms with Crippen molar-refractivity contribution in [3.63, 3.8) is 0 Å². The second kappa shape index (κ2) is 4.94. The van der Waals surface area contributed by atoms with Gasteiger partial charge in [-0.1, -0.05) is 0 Å². The highest BCUT2D eigenvalue weighted by molar-refractivity contribution is 5.73. The highest BCUT2D eigenvalue weighted by Gasteiger charge is 2.30. The molecule has 15 heavy (non-hydrogen) atoms. The lowest BCUT2D eigenvalue weighted by Gasteiger charge is -2.23. The Hall–Kier alpha value is -0.610. The average Bonchev–Trinajstić information content (AvgIpc) is 2.66. The van der Waals surface area contributed by atoms with Gasteiger partial charge in [0.1, 0.15) is 6.10 Å². The van der Waals surface area contributed by atoms with Crippen LogP contribution in [0, 0.1) is 5.92 Å². The summed E-state index contributed by atoms with van der Waals surface area (Å²) in [5.41, 5.74) is 5.77. The first-order chi connectivity index (χ1) is 7.25. The number of hydrogen-bond donors (Lipinski definition) is 1. The van der Waals surface area contributed by atoms with E-state index < -0.39 is 0 Å². The van der Waals surface area contributed by atoms with Gasteiger partial charge in [-0.3, -0.25) is 4.79 Å². The van der Waals surface area contributed by atoms with E-state index in [2.05, 4.69) is 0 Å². The maximum atomic E-state index is 11.7. The first kappa shape index (κ1) is 10.9. The van der Waals surface area contributed by atoms with E-state index in [0.717, 1.165) is 32.1 Å². The smallest absolute Gasteiger partial charge is 0.309 e. The van der Waals surface area contributed by atoms with Crippen LogP contribution in [0.2, 0.25) is 0 Å². The monoisotopic (exact) mass is 213 g/mol. The predicted octanol–water partition coefficient (Wildman–Crippen LogP) is 0.836. The largest absolute Gasteiger partial charge is 0.462 e. The zero-order chi connectivity index (χ0) is 10.7. The molecule has 0 aromatic rings. The minimum Gasteiger partial charge on any atom is -0.462 e. The first-order valence-corrected chi connectivity index (χ1v) is 5.79. The third-order valence-electron chi connectivity index (χ3n) is 3.26. The van der Waals surface area contributed by atoms with Crippen molar-refractivity contribution in [3.8, 4) is 0 Å². The van der Waals surface area contributed by atoms with E-state index in [9.17, 15) is 4.79 Å². The van der Waals surface area contributed by atoms with E-state index in [-0.39, 0.29) is 24.0 Å². The number of esters is 1. The van der Waals surface area contributed by atoms with Crippen molar-refractivity contribution in [2.24, 2.45) is 11.7 Å². The molecule has 86 valence electrons. The van der Waals surface area contributed by atoms with Crippen LogP contribution < -0.4 is 5.73 Å². The van der Waals surface area contributed by atoms with Crippen LogP contribution in [0.25, 0.3) is 0 Å². The molecule has 1 aliphatic heterocycles. The summed E-state index contributed by atoms with van der Waals surface area (Å²) in [7, 11) is 0. The van der Waals surface area contributed by atoms with Crippen molar-refractivity contribution >= 4 is 5.97 Å². The maximum Gasteiger partial charge on any atom is 0.309 e. The van der Waals surface area contributed by atoms with Crippen molar-refractivity contribution in [3.05, 3.63) is 0 Å². The lowest BCUT2D eigenvalue weighted by Crippen LogP contribution is -2.29. The molecule has 0 unspecified atom stereocenters. The fraction of sp³-hybridized carbons (Fsp3) is 0.909. The molecule has 1 aliphatic carbocycles. The fourth-order valence-corrected chi connectivity index (χ4v) is 2.28. The van der Waals surface area contributed by atoms with E-state index in [1.807, 2.05) is 0 Å². The molecule has 2 rings (SSSR count). The van der Waals surface area contributed by atoms with Crippen molar-refractivity contribution in [1.29, 1.82) is 0 Å². The van der Waals surface area contributed by atoms with Crippen LogP contribution in [0.4, 0.5) is 0 Å². The summed E-state index contributed by atoms with van der Waals surface area (Å²) in [6.45, 7) is 1.42. The Morgan fingerprint density at radius 1 is 1.20 bits per heavy atom. The molecule has 2 N–H and O–H groups in total. The molecule has 1 saturated carbocycles. The highest BCUT2D eigenvalue weighted by atomic mass is 16.6. The number of nitrogens with two attached hydrogens (primary N) is 1. The molecule has 0 bridgehead atoms. The topological polar surface area (TPSA) is 61.6 Å². The summed E-state index contributed by atoms with van der Waals surface area (Å²) in [5.74, 6) is -0.00213. The predicted molar refractivity (Wildman–Crippen MR) is 55.2 cm³/mol. The molecule has 2 atom stereocenters. The third kappa shape index (κ3) is 2.92. The standard InChI is InChI=1S/C11H19NO3/c12-9-2-1-8(7-9)11(13)15-10-3-5-14-6-4-10/h8-10H,1-7,12H2/t8-,9+/m1/s1. The Morgan fingerprint density at radius 3 is 2.53 bits per heavy atom. The van der Waals surface area contributed by atoms with Gasteiger partial charge >= 0.3 is 5.97 Å². The number of carbonyl (C=O) groups is 1. The van der Waals surface area contributed by atoms with Gasteiger partial charge in [-0.05, 0) is 19.3 Å². The molecule has 0 radical (unpaired) electrons. The van der Waals surface area contributed by atoms with Gasteiger partial charge in [-0.15, -0.1) is 0 Å². The summed E-state index contributed by atoms with van der Waals surface area (Å²) in [6, 6.07) is 0.192. The van der Waals surface area contributed by atoms with Gasteiger partial charge in [0.2, 0.25) is 0 Å². The summed E-state index contributed by atoms with van der Waals surface area (Å²) in [6.07, 6.45) is 4.39. The molecule has 0 aromatic heterocycles. The fourth-order valence-electron chi connectivity index (χ4n) is 2.28. The Labute approximate surface area is 90.1 Å². The molecule has 0 amide bonds. The normalized spacial score (nSPS) is 32.9. The lowest BCUT2D eigenvalue weighted by atomic mass is 10.1. The van der Waals surface area contributed by atoms with Crippen molar-refractivity contribution in [2.75, 3.05) is 13.2 Å². The van der Waals surface area contributed by atoms with Crippen LogP contribution in [0.1, 0.15) is 32.1 Å². The number of ether oxygens (including phenoxy) is 2. The van der Waals surface area contributed by atoms with E-state index in [1.54, 1.807) is 0 Å². The molecule has 0 spiro atoms. The molecular formula is C11H19NO3. The summed E-state index contributed by atoms with van der Waals surface area (Å²) in [4.78, 5) is 11.7. The Kier molecular flexibility index (Phi) is 3.59. The van der Waals surface area contributed by atoms with E-state index in [1.165, 1.54) is 0 Å². The van der Waals surface area contributed by atoms with Crippen LogP contribution in [0.3, 0.4) is 0 Å². The zero-order valence-corrected chi connectivity index (χ0v) is 8.98. The van der Waals surface area contributed by atoms with Gasteiger partial charge in [-0.2, -0.15) is 0 Å². The minimum absolute atomic E-state index is 0.0443. The van der Waals surface area contributed by atoms with Gasteiger partial charge in [0.05, 0.1) is 19.1 Å². The van der Waals surface area contributed by atoms with Crippen LogP contribution in [-0.4, -0.2) is 31.3 Å². The van der Waals surface area contributed by atoms with Gasteiger partial charge in [0, 0.05) is 18.9 Å². The summed E-state index contributed by atoms with van der Waals surface area (Å²) < 4.78 is 10.7. The Bertz CT molecular complexity index is 226. The zero-order valence-electron chi connectivity index (χ0n) is 8.98. The quantitative estimate of drug-likeness (QED) is 0.690. The molecule has 1 saturated heterocycles. The summed E-state index contributed by atoms with van der Waals surface area (Å²) >= 11 is 0. The van der Waals surface area contributed by atoms with E-state index >= 15 is 0 Å². The molecule has 1 heterocycles. The van der Waals surface area contributed by atoms with Gasteiger partial charge in [0.25, 0.3) is 0 Å². The van der Waals surface area contributed by atoms with E-state index in [0.29, 0.717) is 13.2 Å². The highest BCUT2D eigenvalue weighted by Crippen LogP contribution is 2.26. The van der Waals surface area contributed by atoms with Gasteiger partial charge in [-0.25, -0.2) is 0 Å². The molecule has 4 nitrogen and oxygen atoms in total. The molecule has 4 heteroatoms. The third-order valence-corrected chi connectivity index (χ3v) is 3.26. The number of rotatable bonds is 2. The van der Waals surface area contributed by atoms with E-state index in [4.69, 9.17) is 15.2 Å². The summed E-state index contributed by atoms with van der Waals surface area (Å²) in [5, 5.41) is 0. The molecule has 2 aliphatic rings. The number of carbonyl (C=O) groups excluding carboxylic acids is 1. The molecule has 0 aromatic carbocycles. The molecule has 2 fully saturated rings. The van der Waals surface area contributed by atoms with Gasteiger partial charge in [0.15, 0.2) is 0 Å². The van der Waals surface area contributed by atoms with Crippen LogP contribution in [-0.2, 0) is 14.3 Å². The minimum atomic E-state index is -0.0464. The maximum absolute atomic E-state index is 11.7. The van der Waals surface area contributed by atoms with Crippen molar-refractivity contribution < 1.29 is 14.3 Å². The average molecular weight is 213 g/mol. The Balaban J connectivity index is 1.76. The lowest BCUT2D eigenvalue weighted by molar-refractivity contribution is -0.157. The first-order valence-electron chi connectivity index (χ1n) is 5.79. The second-order valence-electron chi connectivity index (χ2n) is 4.52. The molecular weight excluding hydrogens is 194 g/mol. The second-order valence-corrected chi connectivity index (χ2v) is 4.52. The van der Waals surface area contributed by atoms with Crippen LogP contribution in [0.15, 0.2) is 0 Å². The van der Waals surface area contributed by atoms with Crippen molar-refractivity contribution in [1.82, 2.24) is 0 Å². The Morgan fingerprint density at radius 2 is 1.93 bits per heavy atom.